The molecule has 1 unspecified atom stereocenters. The van der Waals surface area contributed by atoms with Gasteiger partial charge in [-0.2, -0.15) is 8.75 Å². The third-order valence-electron chi connectivity index (χ3n) is 1.70. The van der Waals surface area contributed by atoms with Crippen molar-refractivity contribution in [3.8, 4) is 0 Å². The number of aromatic nitrogens is 2. The zero-order chi connectivity index (χ0) is 10.6. The molecule has 0 aromatic carbocycles. The van der Waals surface area contributed by atoms with Crippen molar-refractivity contribution in [1.82, 2.24) is 8.75 Å². The monoisotopic (exact) mass is 235 g/mol. The van der Waals surface area contributed by atoms with Gasteiger partial charge in [0, 0.05) is 6.54 Å². The first-order valence-electron chi connectivity index (χ1n) is 4.49. The van der Waals surface area contributed by atoms with E-state index in [0.29, 0.717) is 23.4 Å². The first kappa shape index (κ1) is 11.7. The maximum atomic E-state index is 9.56. The number of nitrogens with one attached hydrogen (secondary N) is 1. The van der Waals surface area contributed by atoms with E-state index in [-0.39, 0.29) is 6.10 Å². The van der Waals surface area contributed by atoms with Gasteiger partial charge in [0.1, 0.15) is 0 Å². The molecule has 0 saturated carbocycles. The van der Waals surface area contributed by atoms with Gasteiger partial charge in [0.2, 0.25) is 0 Å². The molecule has 6 heteroatoms. The number of halogens is 1. The molecule has 4 nitrogen and oxygen atoms in total. The van der Waals surface area contributed by atoms with Crippen LogP contribution < -0.4 is 5.32 Å². The number of hydrogen-bond acceptors (Lipinski definition) is 5. The average Bonchev–Trinajstić information content (AvgIpc) is 2.46. The third-order valence-corrected chi connectivity index (χ3v) is 2.59. The van der Waals surface area contributed by atoms with Crippen LogP contribution in [0.1, 0.15) is 20.3 Å². The molecule has 0 aliphatic heterocycles. The van der Waals surface area contributed by atoms with Gasteiger partial charge in [-0.1, -0.05) is 25.4 Å². The smallest absolute Gasteiger partial charge is 0.186 e. The fourth-order valence-corrected chi connectivity index (χ4v) is 1.81. The van der Waals surface area contributed by atoms with Crippen LogP contribution in [0.2, 0.25) is 5.15 Å². The molecule has 0 spiro atoms. The fraction of sp³-hybridized carbons (Fsp3) is 0.750. The number of nitrogens with zero attached hydrogens (tertiary/aromatic N) is 2. The van der Waals surface area contributed by atoms with Crippen LogP contribution in [-0.4, -0.2) is 26.5 Å². The van der Waals surface area contributed by atoms with Crippen LogP contribution in [0.3, 0.4) is 0 Å². The summed E-state index contributed by atoms with van der Waals surface area (Å²) in [5.41, 5.74) is 0. The number of rotatable bonds is 5. The van der Waals surface area contributed by atoms with Gasteiger partial charge in [-0.05, 0) is 12.3 Å². The van der Waals surface area contributed by atoms with Crippen LogP contribution in [0.5, 0.6) is 0 Å². The van der Waals surface area contributed by atoms with Gasteiger partial charge in [0.25, 0.3) is 0 Å². The minimum atomic E-state index is -0.368. The summed E-state index contributed by atoms with van der Waals surface area (Å²) < 4.78 is 7.75. The summed E-state index contributed by atoms with van der Waals surface area (Å²) in [6.07, 6.45) is 0.398. The number of anilines is 1. The normalized spacial score (nSPS) is 13.2. The second kappa shape index (κ2) is 5.48. The van der Waals surface area contributed by atoms with E-state index in [0.717, 1.165) is 18.1 Å². The fourth-order valence-electron chi connectivity index (χ4n) is 1.13. The van der Waals surface area contributed by atoms with E-state index in [1.807, 2.05) is 0 Å². The highest BCUT2D eigenvalue weighted by atomic mass is 35.5. The van der Waals surface area contributed by atoms with Gasteiger partial charge in [0.15, 0.2) is 11.0 Å². The van der Waals surface area contributed by atoms with Gasteiger partial charge < -0.3 is 10.4 Å². The van der Waals surface area contributed by atoms with E-state index < -0.39 is 0 Å². The molecule has 1 heterocycles. The minimum Gasteiger partial charge on any atom is -0.391 e. The van der Waals surface area contributed by atoms with E-state index in [2.05, 4.69) is 27.9 Å². The first-order valence-corrected chi connectivity index (χ1v) is 5.60. The largest absolute Gasteiger partial charge is 0.391 e. The molecule has 1 atom stereocenters. The van der Waals surface area contributed by atoms with Crippen LogP contribution in [0.4, 0.5) is 5.82 Å². The average molecular weight is 236 g/mol. The lowest BCUT2D eigenvalue weighted by atomic mass is 10.1. The molecule has 0 saturated heterocycles. The second-order valence-electron chi connectivity index (χ2n) is 3.57. The Kier molecular flexibility index (Phi) is 4.57. The molecule has 1 aromatic heterocycles. The lowest BCUT2D eigenvalue weighted by Gasteiger charge is -2.13. The molecule has 0 aliphatic carbocycles. The topological polar surface area (TPSA) is 58.0 Å². The summed E-state index contributed by atoms with van der Waals surface area (Å²) in [7, 11) is 0. The van der Waals surface area contributed by atoms with Crippen LogP contribution >= 0.6 is 23.3 Å². The lowest BCUT2D eigenvalue weighted by molar-refractivity contribution is 0.161. The maximum Gasteiger partial charge on any atom is 0.186 e. The molecule has 2 N–H and O–H groups in total. The van der Waals surface area contributed by atoms with Crippen molar-refractivity contribution >= 4 is 29.1 Å². The van der Waals surface area contributed by atoms with Crippen LogP contribution in [0.15, 0.2) is 0 Å². The van der Waals surface area contributed by atoms with Gasteiger partial charge in [-0.25, -0.2) is 0 Å². The Bertz CT molecular complexity index is 279. The lowest BCUT2D eigenvalue weighted by Crippen LogP contribution is -2.21. The van der Waals surface area contributed by atoms with Crippen molar-refractivity contribution in [3.63, 3.8) is 0 Å². The molecule has 14 heavy (non-hydrogen) atoms. The zero-order valence-corrected chi connectivity index (χ0v) is 9.77. The van der Waals surface area contributed by atoms with Crippen LogP contribution in [0.25, 0.3) is 0 Å². The molecule has 80 valence electrons. The highest BCUT2D eigenvalue weighted by molar-refractivity contribution is 6.99. The summed E-state index contributed by atoms with van der Waals surface area (Å²) in [4.78, 5) is 0. The van der Waals surface area contributed by atoms with Gasteiger partial charge in [-0.3, -0.25) is 0 Å². The molecule has 0 aliphatic rings. The molecule has 0 fully saturated rings. The summed E-state index contributed by atoms with van der Waals surface area (Å²) >= 11 is 6.78. The molecular weight excluding hydrogens is 222 g/mol. The predicted molar refractivity (Wildman–Crippen MR) is 58.9 cm³/mol. The standard InChI is InChI=1S/C8H14ClN3OS/c1-5(2)3-6(13)4-10-8-7(9)11-14-12-8/h5-6,13H,3-4H2,1-2H3,(H,10,12). The van der Waals surface area contributed by atoms with Crippen molar-refractivity contribution in [2.45, 2.75) is 26.4 Å². The Morgan fingerprint density at radius 1 is 1.50 bits per heavy atom. The highest BCUT2D eigenvalue weighted by Gasteiger charge is 2.09. The van der Waals surface area contributed by atoms with Crippen molar-refractivity contribution in [3.05, 3.63) is 5.15 Å². The van der Waals surface area contributed by atoms with Gasteiger partial charge in [0.05, 0.1) is 17.8 Å². The summed E-state index contributed by atoms with van der Waals surface area (Å²) in [5.74, 6) is 1.04. The Morgan fingerprint density at radius 3 is 2.71 bits per heavy atom. The zero-order valence-electron chi connectivity index (χ0n) is 8.20. The number of aliphatic hydroxyl groups is 1. The van der Waals surface area contributed by atoms with Crippen molar-refractivity contribution in [2.24, 2.45) is 5.92 Å². The molecule has 0 bridgehead atoms. The first-order chi connectivity index (χ1) is 6.59. The minimum absolute atomic E-state index is 0.367. The van der Waals surface area contributed by atoms with E-state index in [1.165, 1.54) is 0 Å². The van der Waals surface area contributed by atoms with Crippen LogP contribution in [-0.2, 0) is 0 Å². The van der Waals surface area contributed by atoms with Gasteiger partial charge in [-0.15, -0.1) is 0 Å². The Morgan fingerprint density at radius 2 is 2.21 bits per heavy atom. The molecule has 1 rings (SSSR count). The quantitative estimate of drug-likeness (QED) is 0.820. The molecular formula is C8H14ClN3OS. The van der Waals surface area contributed by atoms with Crippen molar-refractivity contribution < 1.29 is 5.11 Å². The Balaban J connectivity index is 2.30. The Labute approximate surface area is 92.6 Å². The van der Waals surface area contributed by atoms with Gasteiger partial charge >= 0.3 is 0 Å². The number of hydrogen-bond donors (Lipinski definition) is 2. The van der Waals surface area contributed by atoms with Crippen molar-refractivity contribution in [2.75, 3.05) is 11.9 Å². The highest BCUT2D eigenvalue weighted by Crippen LogP contribution is 2.17. The Hall–Kier alpha value is -0.390. The molecule has 0 amide bonds. The third kappa shape index (κ3) is 3.77. The summed E-state index contributed by atoms with van der Waals surface area (Å²) in [6.45, 7) is 4.60. The SMILES string of the molecule is CC(C)CC(O)CNc1nsnc1Cl. The van der Waals surface area contributed by atoms with E-state index in [9.17, 15) is 5.11 Å². The number of aliphatic hydroxyl groups excluding tert-OH is 1. The molecule has 1 aromatic rings. The maximum absolute atomic E-state index is 9.56. The van der Waals surface area contributed by atoms with E-state index in [4.69, 9.17) is 11.6 Å². The van der Waals surface area contributed by atoms with E-state index >= 15 is 0 Å². The predicted octanol–water partition coefficient (Wildman–Crippen LogP) is 2.01. The summed E-state index contributed by atoms with van der Waals surface area (Å²) in [5, 5.41) is 12.9. The summed E-state index contributed by atoms with van der Waals surface area (Å²) in [6, 6.07) is 0. The van der Waals surface area contributed by atoms with Crippen molar-refractivity contribution in [1.29, 1.82) is 0 Å². The second-order valence-corrected chi connectivity index (χ2v) is 4.45. The van der Waals surface area contributed by atoms with Crippen LogP contribution in [0, 0.1) is 5.92 Å². The van der Waals surface area contributed by atoms with E-state index in [1.54, 1.807) is 0 Å². The molecule has 0 radical (unpaired) electrons.